The Balaban J connectivity index is 1.85. The summed E-state index contributed by atoms with van der Waals surface area (Å²) in [6, 6.07) is 4.66. The van der Waals surface area contributed by atoms with Crippen molar-refractivity contribution in [3.8, 4) is 11.5 Å². The number of carbonyl (C=O) groups is 2. The number of nitrogens with zero attached hydrogens (tertiary/aromatic N) is 1. The van der Waals surface area contributed by atoms with Crippen molar-refractivity contribution in [3.63, 3.8) is 0 Å². The maximum absolute atomic E-state index is 12.6. The van der Waals surface area contributed by atoms with Crippen LogP contribution in [0.4, 0.5) is 4.79 Å². The zero-order chi connectivity index (χ0) is 17.1. The number of aromatic hydroxyl groups is 1. The van der Waals surface area contributed by atoms with E-state index >= 15 is 0 Å². The number of carbonyl (C=O) groups excluding carboxylic acids is 2. The highest BCUT2D eigenvalue weighted by Gasteiger charge is 2.39. The molecule has 3 amide bonds. The van der Waals surface area contributed by atoms with E-state index in [-0.39, 0.29) is 29.4 Å². The quantitative estimate of drug-likeness (QED) is 0.657. The van der Waals surface area contributed by atoms with E-state index in [1.807, 2.05) is 6.92 Å². The number of phenols is 1. The van der Waals surface area contributed by atoms with Crippen molar-refractivity contribution < 1.29 is 19.4 Å². The van der Waals surface area contributed by atoms with E-state index in [4.69, 9.17) is 4.74 Å². The fourth-order valence-electron chi connectivity index (χ4n) is 3.30. The van der Waals surface area contributed by atoms with Crippen LogP contribution in [-0.4, -0.2) is 34.6 Å². The van der Waals surface area contributed by atoms with Crippen LogP contribution in [0.25, 0.3) is 6.08 Å². The van der Waals surface area contributed by atoms with E-state index in [2.05, 4.69) is 5.32 Å². The number of amides is 3. The largest absolute Gasteiger partial charge is 0.504 e. The maximum atomic E-state index is 12.6. The average molecular weight is 330 g/mol. The van der Waals surface area contributed by atoms with E-state index in [9.17, 15) is 14.7 Å². The lowest BCUT2D eigenvalue weighted by Crippen LogP contribution is -2.41. The Morgan fingerprint density at radius 2 is 2.04 bits per heavy atom. The molecule has 2 N–H and O–H groups in total. The third-order valence-electron chi connectivity index (χ3n) is 4.48. The molecule has 128 valence electrons. The summed E-state index contributed by atoms with van der Waals surface area (Å²) in [5.41, 5.74) is 0.629. The number of benzene rings is 1. The van der Waals surface area contributed by atoms with E-state index in [0.717, 1.165) is 32.1 Å². The zero-order valence-corrected chi connectivity index (χ0v) is 13.7. The molecule has 6 heteroatoms. The third-order valence-corrected chi connectivity index (χ3v) is 4.48. The van der Waals surface area contributed by atoms with Crippen LogP contribution in [0, 0.1) is 0 Å². The first-order chi connectivity index (χ1) is 11.6. The second-order valence-electron chi connectivity index (χ2n) is 6.08. The third kappa shape index (κ3) is 3.09. The van der Waals surface area contributed by atoms with Crippen molar-refractivity contribution in [3.05, 3.63) is 29.5 Å². The van der Waals surface area contributed by atoms with Gasteiger partial charge in [-0.25, -0.2) is 4.79 Å². The molecule has 1 aromatic carbocycles. The first-order valence-corrected chi connectivity index (χ1v) is 8.43. The number of rotatable bonds is 4. The average Bonchev–Trinajstić information content (AvgIpc) is 2.86. The van der Waals surface area contributed by atoms with Gasteiger partial charge in [-0.2, -0.15) is 0 Å². The highest BCUT2D eigenvalue weighted by molar-refractivity contribution is 6.14. The molecule has 0 bridgehead atoms. The van der Waals surface area contributed by atoms with E-state index < -0.39 is 0 Å². The predicted octanol–water partition coefficient (Wildman–Crippen LogP) is 3.02. The van der Waals surface area contributed by atoms with Gasteiger partial charge >= 0.3 is 6.03 Å². The maximum Gasteiger partial charge on any atom is 0.329 e. The number of ether oxygens (including phenoxy) is 1. The summed E-state index contributed by atoms with van der Waals surface area (Å²) < 4.78 is 5.34. The number of para-hydroxylation sites is 1. The lowest BCUT2D eigenvalue weighted by atomic mass is 9.94. The van der Waals surface area contributed by atoms with Crippen LogP contribution in [0.1, 0.15) is 44.6 Å². The first kappa shape index (κ1) is 16.4. The van der Waals surface area contributed by atoms with Crippen LogP contribution in [-0.2, 0) is 4.79 Å². The number of urea groups is 1. The van der Waals surface area contributed by atoms with E-state index in [1.165, 1.54) is 11.0 Å². The van der Waals surface area contributed by atoms with Crippen molar-refractivity contribution in [1.82, 2.24) is 10.2 Å². The SMILES string of the molecule is CCOc1cccc(/C=C2\NC(=O)N(C3CCCCC3)C2=O)c1O. The minimum Gasteiger partial charge on any atom is -0.504 e. The summed E-state index contributed by atoms with van der Waals surface area (Å²) in [5.74, 6) is -0.00844. The van der Waals surface area contributed by atoms with Crippen LogP contribution in [0.2, 0.25) is 0 Å². The van der Waals surface area contributed by atoms with Crippen molar-refractivity contribution in [2.24, 2.45) is 0 Å². The molecule has 1 aromatic rings. The Morgan fingerprint density at radius 1 is 1.29 bits per heavy atom. The van der Waals surface area contributed by atoms with Crippen LogP contribution in [0.3, 0.4) is 0 Å². The number of phenolic OH excluding ortho intramolecular Hbond substituents is 1. The van der Waals surface area contributed by atoms with Gasteiger partial charge in [-0.15, -0.1) is 0 Å². The predicted molar refractivity (Wildman–Crippen MR) is 89.5 cm³/mol. The normalized spacial score (nSPS) is 20.5. The topological polar surface area (TPSA) is 78.9 Å². The lowest BCUT2D eigenvalue weighted by molar-refractivity contribution is -0.124. The van der Waals surface area contributed by atoms with Crippen LogP contribution < -0.4 is 10.1 Å². The van der Waals surface area contributed by atoms with Crippen molar-refractivity contribution >= 4 is 18.0 Å². The highest BCUT2D eigenvalue weighted by Crippen LogP contribution is 2.32. The molecule has 0 atom stereocenters. The summed E-state index contributed by atoms with van der Waals surface area (Å²) in [5, 5.41) is 12.9. The minimum atomic E-state index is -0.376. The summed E-state index contributed by atoms with van der Waals surface area (Å²) >= 11 is 0. The summed E-state index contributed by atoms with van der Waals surface area (Å²) in [4.78, 5) is 26.1. The highest BCUT2D eigenvalue weighted by atomic mass is 16.5. The lowest BCUT2D eigenvalue weighted by Gasteiger charge is -2.28. The molecule has 3 rings (SSSR count). The fourth-order valence-corrected chi connectivity index (χ4v) is 3.30. The van der Waals surface area contributed by atoms with Gasteiger partial charge in [-0.1, -0.05) is 31.4 Å². The number of nitrogens with one attached hydrogen (secondary N) is 1. The fraction of sp³-hybridized carbons (Fsp3) is 0.444. The van der Waals surface area contributed by atoms with Gasteiger partial charge in [-0.05, 0) is 31.9 Å². The van der Waals surface area contributed by atoms with Crippen molar-refractivity contribution in [2.75, 3.05) is 6.61 Å². The molecule has 1 aliphatic carbocycles. The molecule has 0 aromatic heterocycles. The second kappa shape index (κ2) is 6.95. The van der Waals surface area contributed by atoms with Gasteiger partial charge < -0.3 is 15.2 Å². The van der Waals surface area contributed by atoms with Gasteiger partial charge in [0.25, 0.3) is 5.91 Å². The molecule has 1 aliphatic heterocycles. The molecule has 1 heterocycles. The van der Waals surface area contributed by atoms with Crippen LogP contribution in [0.5, 0.6) is 11.5 Å². The first-order valence-electron chi connectivity index (χ1n) is 8.43. The van der Waals surface area contributed by atoms with E-state index in [0.29, 0.717) is 17.9 Å². The van der Waals surface area contributed by atoms with Gasteiger partial charge in [0, 0.05) is 11.6 Å². The molecule has 6 nitrogen and oxygen atoms in total. The zero-order valence-electron chi connectivity index (χ0n) is 13.7. The standard InChI is InChI=1S/C18H22N2O4/c1-2-24-15-10-6-7-12(16(15)21)11-14-17(22)20(18(23)19-14)13-8-4-3-5-9-13/h6-7,10-11,13,21H,2-5,8-9H2,1H3,(H,19,23)/b14-11-. The molecule has 24 heavy (non-hydrogen) atoms. The summed E-state index contributed by atoms with van der Waals surface area (Å²) in [7, 11) is 0. The van der Waals surface area contributed by atoms with E-state index in [1.54, 1.807) is 18.2 Å². The molecule has 1 saturated carbocycles. The smallest absolute Gasteiger partial charge is 0.329 e. The second-order valence-corrected chi connectivity index (χ2v) is 6.08. The van der Waals surface area contributed by atoms with Crippen molar-refractivity contribution in [2.45, 2.75) is 45.1 Å². The van der Waals surface area contributed by atoms with Gasteiger partial charge in [-0.3, -0.25) is 9.69 Å². The van der Waals surface area contributed by atoms with Gasteiger partial charge in [0.1, 0.15) is 5.70 Å². The Bertz CT molecular complexity index is 678. The Morgan fingerprint density at radius 3 is 2.75 bits per heavy atom. The molecular weight excluding hydrogens is 308 g/mol. The molecule has 2 fully saturated rings. The molecular formula is C18H22N2O4. The summed E-state index contributed by atoms with van der Waals surface area (Å²) in [6.45, 7) is 2.26. The molecule has 0 radical (unpaired) electrons. The Hall–Kier alpha value is -2.50. The number of hydrogen-bond acceptors (Lipinski definition) is 4. The van der Waals surface area contributed by atoms with Gasteiger partial charge in [0.05, 0.1) is 6.61 Å². The molecule has 0 unspecified atom stereocenters. The molecule has 0 spiro atoms. The van der Waals surface area contributed by atoms with Crippen molar-refractivity contribution in [1.29, 1.82) is 0 Å². The number of hydrogen-bond donors (Lipinski definition) is 2. The molecule has 1 saturated heterocycles. The van der Waals surface area contributed by atoms with Gasteiger partial charge in [0.15, 0.2) is 11.5 Å². The molecule has 2 aliphatic rings. The monoisotopic (exact) mass is 330 g/mol. The Kier molecular flexibility index (Phi) is 4.74. The number of imide groups is 1. The van der Waals surface area contributed by atoms with Gasteiger partial charge in [0.2, 0.25) is 0 Å². The van der Waals surface area contributed by atoms with Crippen LogP contribution in [0.15, 0.2) is 23.9 Å². The minimum absolute atomic E-state index is 0.0273. The summed E-state index contributed by atoms with van der Waals surface area (Å²) in [6.07, 6.45) is 6.45. The Labute approximate surface area is 141 Å². The van der Waals surface area contributed by atoms with Crippen LogP contribution >= 0.6 is 0 Å².